The zero-order chi connectivity index (χ0) is 14.6. The monoisotopic (exact) mass is 277 g/mol. The van der Waals surface area contributed by atoms with Gasteiger partial charge in [-0.05, 0) is 23.8 Å². The van der Waals surface area contributed by atoms with E-state index in [4.69, 9.17) is 5.26 Å². The van der Waals surface area contributed by atoms with Crippen LogP contribution in [0, 0.1) is 11.3 Å². The van der Waals surface area contributed by atoms with Crippen LogP contribution in [-0.2, 0) is 12.7 Å². The molecule has 0 aliphatic rings. The molecule has 0 fully saturated rings. The lowest BCUT2D eigenvalue weighted by molar-refractivity contribution is -0.138. The lowest BCUT2D eigenvalue weighted by atomic mass is 10.1. The van der Waals surface area contributed by atoms with Crippen LogP contribution in [0.4, 0.5) is 19.0 Å². The molecule has 0 bridgehead atoms. The largest absolute Gasteiger partial charge is 0.416 e. The molecule has 1 N–H and O–H groups in total. The number of benzene rings is 1. The highest BCUT2D eigenvalue weighted by atomic mass is 19.4. The topological polar surface area (TPSA) is 48.7 Å². The summed E-state index contributed by atoms with van der Waals surface area (Å²) in [5.41, 5.74) is -0.341. The molecule has 20 heavy (non-hydrogen) atoms. The molecule has 1 aromatic carbocycles. The molecule has 0 saturated heterocycles. The lowest BCUT2D eigenvalue weighted by Crippen LogP contribution is -2.12. The first-order valence-electron chi connectivity index (χ1n) is 5.77. The fourth-order valence-corrected chi connectivity index (χ4v) is 1.73. The summed E-state index contributed by atoms with van der Waals surface area (Å²) < 4.78 is 38.4. The number of rotatable bonds is 3. The maximum absolute atomic E-state index is 12.8. The van der Waals surface area contributed by atoms with Crippen molar-refractivity contribution in [3.63, 3.8) is 0 Å². The highest BCUT2D eigenvalue weighted by molar-refractivity contribution is 5.40. The summed E-state index contributed by atoms with van der Waals surface area (Å²) in [5, 5.41) is 11.5. The third kappa shape index (κ3) is 3.26. The second-order valence-corrected chi connectivity index (χ2v) is 4.03. The van der Waals surface area contributed by atoms with Crippen molar-refractivity contribution >= 4 is 5.82 Å². The summed E-state index contributed by atoms with van der Waals surface area (Å²) in [5.74, 6) is 0.362. The zero-order valence-corrected chi connectivity index (χ0v) is 10.3. The average Bonchev–Trinajstić information content (AvgIpc) is 2.44. The minimum atomic E-state index is -4.39. The molecule has 0 amide bonds. The molecule has 2 rings (SSSR count). The standard InChI is InChI=1S/C14H10F3N3/c15-14(16,17)12-6-2-1-4-10(12)9-19-13-7-3-5-11(8-18)20-13/h1-7H,9H2,(H,19,20). The normalized spacial score (nSPS) is 10.9. The van der Waals surface area contributed by atoms with Gasteiger partial charge in [-0.1, -0.05) is 24.3 Å². The van der Waals surface area contributed by atoms with Crippen LogP contribution in [0.5, 0.6) is 0 Å². The molecule has 0 spiro atoms. The highest BCUT2D eigenvalue weighted by Gasteiger charge is 2.32. The number of alkyl halides is 3. The summed E-state index contributed by atoms with van der Waals surface area (Å²) in [7, 11) is 0. The lowest BCUT2D eigenvalue weighted by Gasteiger charge is -2.13. The smallest absolute Gasteiger partial charge is 0.366 e. The van der Waals surface area contributed by atoms with Crippen molar-refractivity contribution in [1.29, 1.82) is 5.26 Å². The van der Waals surface area contributed by atoms with Crippen molar-refractivity contribution in [1.82, 2.24) is 4.98 Å². The second-order valence-electron chi connectivity index (χ2n) is 4.03. The Morgan fingerprint density at radius 2 is 1.85 bits per heavy atom. The fraction of sp³-hybridized carbons (Fsp3) is 0.143. The predicted octanol–water partition coefficient (Wildman–Crippen LogP) is 3.58. The van der Waals surface area contributed by atoms with Gasteiger partial charge in [0.05, 0.1) is 5.56 Å². The van der Waals surface area contributed by atoms with Crippen molar-refractivity contribution in [3.05, 3.63) is 59.3 Å². The first-order valence-corrected chi connectivity index (χ1v) is 5.77. The number of nitriles is 1. The van der Waals surface area contributed by atoms with E-state index < -0.39 is 11.7 Å². The maximum atomic E-state index is 12.8. The number of halogens is 3. The summed E-state index contributed by atoms with van der Waals surface area (Å²) in [6.45, 7) is -0.0163. The van der Waals surface area contributed by atoms with E-state index in [1.54, 1.807) is 18.2 Å². The highest BCUT2D eigenvalue weighted by Crippen LogP contribution is 2.32. The Morgan fingerprint density at radius 1 is 1.10 bits per heavy atom. The first-order chi connectivity index (χ1) is 9.50. The van der Waals surface area contributed by atoms with Crippen LogP contribution >= 0.6 is 0 Å². The Bertz CT molecular complexity index is 645. The molecule has 0 aliphatic carbocycles. The van der Waals surface area contributed by atoms with Crippen molar-refractivity contribution in [2.24, 2.45) is 0 Å². The SMILES string of the molecule is N#Cc1cccc(NCc2ccccc2C(F)(F)F)n1. The molecular formula is C14H10F3N3. The van der Waals surface area contributed by atoms with E-state index in [1.807, 2.05) is 6.07 Å². The van der Waals surface area contributed by atoms with Crippen LogP contribution < -0.4 is 5.32 Å². The molecule has 2 aromatic rings. The summed E-state index contributed by atoms with van der Waals surface area (Å²) in [6, 6.07) is 11.9. The van der Waals surface area contributed by atoms with Gasteiger partial charge in [-0.15, -0.1) is 0 Å². The van der Waals surface area contributed by atoms with Crippen LogP contribution in [-0.4, -0.2) is 4.98 Å². The quantitative estimate of drug-likeness (QED) is 0.932. The number of anilines is 1. The van der Waals surface area contributed by atoms with E-state index in [9.17, 15) is 13.2 Å². The molecular weight excluding hydrogens is 267 g/mol. The van der Waals surface area contributed by atoms with Gasteiger partial charge in [-0.3, -0.25) is 0 Å². The Morgan fingerprint density at radius 3 is 2.55 bits per heavy atom. The van der Waals surface area contributed by atoms with Gasteiger partial charge in [0.25, 0.3) is 0 Å². The fourth-order valence-electron chi connectivity index (χ4n) is 1.73. The van der Waals surface area contributed by atoms with E-state index in [0.29, 0.717) is 5.82 Å². The molecule has 0 aliphatic heterocycles. The van der Waals surface area contributed by atoms with Crippen LogP contribution in [0.15, 0.2) is 42.5 Å². The number of pyridine rings is 1. The van der Waals surface area contributed by atoms with Gasteiger partial charge in [0.2, 0.25) is 0 Å². The van der Waals surface area contributed by atoms with Crippen molar-refractivity contribution in [2.45, 2.75) is 12.7 Å². The van der Waals surface area contributed by atoms with E-state index in [1.165, 1.54) is 18.2 Å². The van der Waals surface area contributed by atoms with Crippen molar-refractivity contribution in [3.8, 4) is 6.07 Å². The van der Waals surface area contributed by atoms with Crippen LogP contribution in [0.1, 0.15) is 16.8 Å². The van der Waals surface area contributed by atoms with Crippen molar-refractivity contribution < 1.29 is 13.2 Å². The molecule has 102 valence electrons. The molecule has 3 nitrogen and oxygen atoms in total. The average molecular weight is 277 g/mol. The van der Waals surface area contributed by atoms with Gasteiger partial charge < -0.3 is 5.32 Å². The summed E-state index contributed by atoms with van der Waals surface area (Å²) in [6.07, 6.45) is -4.39. The minimum absolute atomic E-state index is 0.0163. The van der Waals surface area contributed by atoms with Gasteiger partial charge in [0.1, 0.15) is 17.6 Å². The summed E-state index contributed by atoms with van der Waals surface area (Å²) in [4.78, 5) is 3.94. The molecule has 0 atom stereocenters. The Labute approximate surface area is 113 Å². The molecule has 1 aromatic heterocycles. The first kappa shape index (κ1) is 13.9. The number of hydrogen-bond acceptors (Lipinski definition) is 3. The number of nitrogens with one attached hydrogen (secondary N) is 1. The van der Waals surface area contributed by atoms with E-state index >= 15 is 0 Å². The van der Waals surface area contributed by atoms with Crippen molar-refractivity contribution in [2.75, 3.05) is 5.32 Å². The molecule has 6 heteroatoms. The number of hydrogen-bond donors (Lipinski definition) is 1. The third-order valence-electron chi connectivity index (χ3n) is 2.65. The number of aromatic nitrogens is 1. The van der Waals surface area contributed by atoms with Crippen LogP contribution in [0.2, 0.25) is 0 Å². The van der Waals surface area contributed by atoms with Gasteiger partial charge in [0, 0.05) is 6.54 Å². The zero-order valence-electron chi connectivity index (χ0n) is 10.3. The molecule has 1 heterocycles. The Balaban J connectivity index is 2.17. The summed E-state index contributed by atoms with van der Waals surface area (Å²) >= 11 is 0. The van der Waals surface area contributed by atoms with E-state index in [-0.39, 0.29) is 17.8 Å². The maximum Gasteiger partial charge on any atom is 0.416 e. The van der Waals surface area contributed by atoms with E-state index in [2.05, 4.69) is 10.3 Å². The number of nitrogens with zero attached hydrogens (tertiary/aromatic N) is 2. The van der Waals surface area contributed by atoms with Gasteiger partial charge >= 0.3 is 6.18 Å². The minimum Gasteiger partial charge on any atom is -0.366 e. The van der Waals surface area contributed by atoms with Crippen LogP contribution in [0.25, 0.3) is 0 Å². The van der Waals surface area contributed by atoms with Crippen LogP contribution in [0.3, 0.4) is 0 Å². The Hall–Kier alpha value is -2.55. The van der Waals surface area contributed by atoms with E-state index in [0.717, 1.165) is 6.07 Å². The predicted molar refractivity (Wildman–Crippen MR) is 67.7 cm³/mol. The third-order valence-corrected chi connectivity index (χ3v) is 2.65. The molecule has 0 unspecified atom stereocenters. The molecule has 0 saturated carbocycles. The van der Waals surface area contributed by atoms with Gasteiger partial charge in [-0.2, -0.15) is 18.4 Å². The second kappa shape index (κ2) is 5.61. The molecule has 0 radical (unpaired) electrons. The van der Waals surface area contributed by atoms with Gasteiger partial charge in [0.15, 0.2) is 0 Å². The Kier molecular flexibility index (Phi) is 3.89. The van der Waals surface area contributed by atoms with Gasteiger partial charge in [-0.25, -0.2) is 4.98 Å².